The molecule has 1 aromatic rings. The van der Waals surface area contributed by atoms with Gasteiger partial charge in [0.15, 0.2) is 6.61 Å². The van der Waals surface area contributed by atoms with Crippen LogP contribution in [0, 0.1) is 0 Å². The van der Waals surface area contributed by atoms with Gasteiger partial charge in [-0.25, -0.2) is 13.2 Å². The van der Waals surface area contributed by atoms with Gasteiger partial charge in [-0.15, -0.1) is 0 Å². The molecule has 0 unspecified atom stereocenters. The van der Waals surface area contributed by atoms with Gasteiger partial charge in [0, 0.05) is 25.7 Å². The fourth-order valence-electron chi connectivity index (χ4n) is 4.52. The molecule has 1 amide bonds. The van der Waals surface area contributed by atoms with Crippen molar-refractivity contribution in [3.8, 4) is 0 Å². The molecule has 1 aliphatic carbocycles. The number of carbonyl (C=O) groups excluding carboxylic acids is 2. The summed E-state index contributed by atoms with van der Waals surface area (Å²) in [6.07, 6.45) is 9.29. The normalized spacial score (nSPS) is 18.9. The van der Waals surface area contributed by atoms with Gasteiger partial charge in [0.1, 0.15) is 0 Å². The topological polar surface area (TPSA) is 84.0 Å². The fraction of sp³-hybridized carbons (Fsp3) is 0.652. The maximum Gasteiger partial charge on any atom is 0.338 e. The third-order valence-corrected chi connectivity index (χ3v) is 8.21. The van der Waals surface area contributed by atoms with Crippen molar-refractivity contribution in [2.45, 2.75) is 75.6 Å². The molecule has 0 atom stereocenters. The average Bonchev–Trinajstić information content (AvgIpc) is 3.09. The highest BCUT2D eigenvalue weighted by molar-refractivity contribution is 7.89. The highest BCUT2D eigenvalue weighted by Crippen LogP contribution is 2.23. The van der Waals surface area contributed by atoms with Crippen LogP contribution in [0.2, 0.25) is 0 Å². The van der Waals surface area contributed by atoms with Gasteiger partial charge >= 0.3 is 5.97 Å². The first kappa shape index (κ1) is 23.7. The van der Waals surface area contributed by atoms with Crippen LogP contribution in [-0.2, 0) is 19.6 Å². The zero-order chi connectivity index (χ0) is 22.3. The van der Waals surface area contributed by atoms with Crippen LogP contribution >= 0.6 is 0 Å². The Kier molecular flexibility index (Phi) is 8.49. The van der Waals surface area contributed by atoms with Crippen LogP contribution < -0.4 is 0 Å². The maximum absolute atomic E-state index is 12.9. The Hall–Kier alpha value is -1.93. The summed E-state index contributed by atoms with van der Waals surface area (Å²) in [5.41, 5.74) is 0.239. The van der Waals surface area contributed by atoms with Crippen LogP contribution in [0.1, 0.15) is 75.1 Å². The standard InChI is InChI=1S/C23H34N2O5S/c1-2-25(20-10-6-5-7-11-20)22(26)18-30-23(27)19-12-14-21(15-13-19)31(28,29)24-16-8-3-4-9-17-24/h12-15,20H,2-11,16-18H2,1H3. The molecular formula is C23H34N2O5S. The molecule has 0 aromatic heterocycles. The molecule has 3 rings (SSSR count). The van der Waals surface area contributed by atoms with Gasteiger partial charge in [-0.1, -0.05) is 32.1 Å². The van der Waals surface area contributed by atoms with E-state index >= 15 is 0 Å². The summed E-state index contributed by atoms with van der Waals surface area (Å²) in [4.78, 5) is 26.9. The summed E-state index contributed by atoms with van der Waals surface area (Å²) >= 11 is 0. The lowest BCUT2D eigenvalue weighted by atomic mass is 9.94. The molecule has 0 spiro atoms. The molecule has 0 radical (unpaired) electrons. The van der Waals surface area contributed by atoms with E-state index in [-0.39, 0.29) is 29.0 Å². The first-order valence-corrected chi connectivity index (χ1v) is 12.9. The summed E-state index contributed by atoms with van der Waals surface area (Å²) in [5.74, 6) is -0.796. The smallest absolute Gasteiger partial charge is 0.338 e. The van der Waals surface area contributed by atoms with E-state index in [0.29, 0.717) is 19.6 Å². The number of nitrogens with zero attached hydrogens (tertiary/aromatic N) is 2. The van der Waals surface area contributed by atoms with Gasteiger partial charge in [-0.3, -0.25) is 4.79 Å². The Labute approximate surface area is 185 Å². The van der Waals surface area contributed by atoms with Crippen molar-refractivity contribution in [1.82, 2.24) is 9.21 Å². The first-order chi connectivity index (χ1) is 14.9. The average molecular weight is 451 g/mol. The van der Waals surface area contributed by atoms with E-state index in [1.54, 1.807) is 0 Å². The molecule has 2 fully saturated rings. The van der Waals surface area contributed by atoms with Crippen molar-refractivity contribution < 1.29 is 22.7 Å². The third kappa shape index (κ3) is 6.07. The van der Waals surface area contributed by atoms with E-state index in [1.165, 1.54) is 35.0 Å². The number of hydrogen-bond donors (Lipinski definition) is 0. The Morgan fingerprint density at radius 3 is 2.13 bits per heavy atom. The quantitative estimate of drug-likeness (QED) is 0.593. The summed E-state index contributed by atoms with van der Waals surface area (Å²) < 4.78 is 32.5. The minimum atomic E-state index is -3.56. The molecular weight excluding hydrogens is 416 g/mol. The molecule has 1 aliphatic heterocycles. The van der Waals surface area contributed by atoms with Crippen molar-refractivity contribution in [2.75, 3.05) is 26.2 Å². The largest absolute Gasteiger partial charge is 0.452 e. The van der Waals surface area contributed by atoms with Crippen LogP contribution in [0.5, 0.6) is 0 Å². The second-order valence-electron chi connectivity index (χ2n) is 8.39. The van der Waals surface area contributed by atoms with Crippen LogP contribution in [0.4, 0.5) is 0 Å². The molecule has 1 saturated heterocycles. The van der Waals surface area contributed by atoms with Gasteiger partial charge in [-0.05, 0) is 56.9 Å². The number of amides is 1. The van der Waals surface area contributed by atoms with Crippen LogP contribution in [-0.4, -0.2) is 61.8 Å². The highest BCUT2D eigenvalue weighted by Gasteiger charge is 2.27. The molecule has 31 heavy (non-hydrogen) atoms. The molecule has 1 saturated carbocycles. The van der Waals surface area contributed by atoms with Crippen LogP contribution in [0.15, 0.2) is 29.2 Å². The van der Waals surface area contributed by atoms with Gasteiger partial charge in [-0.2, -0.15) is 4.31 Å². The van der Waals surface area contributed by atoms with E-state index in [2.05, 4.69) is 0 Å². The first-order valence-electron chi connectivity index (χ1n) is 11.5. The highest BCUT2D eigenvalue weighted by atomic mass is 32.2. The Bertz CT molecular complexity index is 839. The number of hydrogen-bond acceptors (Lipinski definition) is 5. The number of esters is 1. The second kappa shape index (κ2) is 11.1. The number of rotatable bonds is 7. The Balaban J connectivity index is 1.57. The Morgan fingerprint density at radius 1 is 0.968 bits per heavy atom. The van der Waals surface area contributed by atoms with Crippen molar-refractivity contribution in [1.29, 1.82) is 0 Å². The summed E-state index contributed by atoms with van der Waals surface area (Å²) in [6, 6.07) is 6.03. The van der Waals surface area contributed by atoms with Crippen molar-refractivity contribution in [3.05, 3.63) is 29.8 Å². The van der Waals surface area contributed by atoms with Crippen molar-refractivity contribution >= 4 is 21.9 Å². The van der Waals surface area contributed by atoms with E-state index < -0.39 is 16.0 Å². The molecule has 2 aliphatic rings. The second-order valence-corrected chi connectivity index (χ2v) is 10.3. The van der Waals surface area contributed by atoms with E-state index in [0.717, 1.165) is 51.4 Å². The number of ether oxygens (including phenoxy) is 1. The molecule has 1 heterocycles. The van der Waals surface area contributed by atoms with E-state index in [1.807, 2.05) is 11.8 Å². The number of sulfonamides is 1. The summed E-state index contributed by atoms with van der Waals surface area (Å²) in [7, 11) is -3.56. The van der Waals surface area contributed by atoms with Crippen LogP contribution in [0.3, 0.4) is 0 Å². The van der Waals surface area contributed by atoms with Crippen molar-refractivity contribution in [3.63, 3.8) is 0 Å². The lowest BCUT2D eigenvalue weighted by molar-refractivity contribution is -0.137. The molecule has 0 N–H and O–H groups in total. The lowest BCUT2D eigenvalue weighted by Gasteiger charge is -2.33. The van der Waals surface area contributed by atoms with E-state index in [9.17, 15) is 18.0 Å². The predicted octanol–water partition coefficient (Wildman–Crippen LogP) is 3.59. The number of benzene rings is 1. The minimum absolute atomic E-state index is 0.177. The molecule has 1 aromatic carbocycles. The number of carbonyl (C=O) groups is 2. The minimum Gasteiger partial charge on any atom is -0.452 e. The summed E-state index contributed by atoms with van der Waals surface area (Å²) in [5, 5.41) is 0. The molecule has 172 valence electrons. The molecule has 7 nitrogen and oxygen atoms in total. The Morgan fingerprint density at radius 2 is 1.55 bits per heavy atom. The monoisotopic (exact) mass is 450 g/mol. The van der Waals surface area contributed by atoms with Crippen molar-refractivity contribution in [2.24, 2.45) is 0 Å². The summed E-state index contributed by atoms with van der Waals surface area (Å²) in [6.45, 7) is 3.31. The zero-order valence-corrected chi connectivity index (χ0v) is 19.2. The molecule has 8 heteroatoms. The fourth-order valence-corrected chi connectivity index (χ4v) is 6.04. The SMILES string of the molecule is CCN(C(=O)COC(=O)c1ccc(S(=O)(=O)N2CCCCCC2)cc1)C1CCCCC1. The predicted molar refractivity (Wildman–Crippen MR) is 118 cm³/mol. The van der Waals surface area contributed by atoms with Crippen LogP contribution in [0.25, 0.3) is 0 Å². The van der Waals surface area contributed by atoms with Gasteiger partial charge in [0.05, 0.1) is 10.5 Å². The lowest BCUT2D eigenvalue weighted by Crippen LogP contribution is -2.43. The van der Waals surface area contributed by atoms with Gasteiger partial charge < -0.3 is 9.64 Å². The van der Waals surface area contributed by atoms with Gasteiger partial charge in [0.25, 0.3) is 5.91 Å². The third-order valence-electron chi connectivity index (χ3n) is 6.30. The van der Waals surface area contributed by atoms with Gasteiger partial charge in [0.2, 0.25) is 10.0 Å². The number of likely N-dealkylation sites (N-methyl/N-ethyl adjacent to an activating group) is 1. The molecule has 0 bridgehead atoms. The zero-order valence-electron chi connectivity index (χ0n) is 18.4. The van der Waals surface area contributed by atoms with E-state index in [4.69, 9.17) is 4.74 Å². The maximum atomic E-state index is 12.9.